The molecule has 7 nitrogen and oxygen atoms in total. The van der Waals surface area contributed by atoms with E-state index in [1.54, 1.807) is 30.4 Å². The highest BCUT2D eigenvalue weighted by atomic mass is 16.3. The average Bonchev–Trinajstić information content (AvgIpc) is 3.24. The van der Waals surface area contributed by atoms with Crippen molar-refractivity contribution in [3.8, 4) is 0 Å². The van der Waals surface area contributed by atoms with Crippen molar-refractivity contribution in [3.63, 3.8) is 0 Å². The van der Waals surface area contributed by atoms with E-state index in [-0.39, 0.29) is 19.1 Å². The highest BCUT2D eigenvalue weighted by Gasteiger charge is 2.19. The molecule has 25 heavy (non-hydrogen) atoms. The van der Waals surface area contributed by atoms with E-state index in [4.69, 9.17) is 0 Å². The maximum Gasteiger partial charge on any atom is 0.272 e. The van der Waals surface area contributed by atoms with Crippen molar-refractivity contribution in [2.45, 2.75) is 13.1 Å². The number of rotatable bonds is 7. The fourth-order valence-electron chi connectivity index (χ4n) is 2.68. The first kappa shape index (κ1) is 16.9. The van der Waals surface area contributed by atoms with Crippen LogP contribution in [0.1, 0.15) is 21.6 Å². The molecule has 0 fully saturated rings. The van der Waals surface area contributed by atoms with E-state index in [2.05, 4.69) is 10.2 Å². The standard InChI is InChI=1S/C18H21N5O2/c1-21-17(7-8-19-21)18(25)22(9-10-24)12-16-11-20-23(14-16)13-15-5-3-2-4-6-15/h2-8,11,14,24H,9-10,12-13H2,1H3. The van der Waals surface area contributed by atoms with E-state index in [0.29, 0.717) is 18.8 Å². The number of benzene rings is 1. The summed E-state index contributed by atoms with van der Waals surface area (Å²) in [6, 6.07) is 11.7. The van der Waals surface area contributed by atoms with Gasteiger partial charge in [-0.3, -0.25) is 14.2 Å². The van der Waals surface area contributed by atoms with Gasteiger partial charge in [0.25, 0.3) is 5.91 Å². The summed E-state index contributed by atoms with van der Waals surface area (Å²) in [5, 5.41) is 17.7. The predicted molar refractivity (Wildman–Crippen MR) is 92.8 cm³/mol. The lowest BCUT2D eigenvalue weighted by Crippen LogP contribution is -2.34. The minimum atomic E-state index is -0.162. The maximum atomic E-state index is 12.6. The summed E-state index contributed by atoms with van der Waals surface area (Å²) in [7, 11) is 1.72. The lowest BCUT2D eigenvalue weighted by atomic mass is 10.2. The van der Waals surface area contributed by atoms with Gasteiger partial charge in [-0.2, -0.15) is 10.2 Å². The first-order valence-corrected chi connectivity index (χ1v) is 8.11. The van der Waals surface area contributed by atoms with E-state index in [1.807, 2.05) is 41.2 Å². The summed E-state index contributed by atoms with van der Waals surface area (Å²) in [6.45, 7) is 1.23. The molecule has 0 aliphatic carbocycles. The third kappa shape index (κ3) is 4.13. The molecule has 0 atom stereocenters. The number of aliphatic hydroxyl groups excluding tert-OH is 1. The molecule has 0 bridgehead atoms. The Bertz CT molecular complexity index is 825. The van der Waals surface area contributed by atoms with Gasteiger partial charge < -0.3 is 10.0 Å². The van der Waals surface area contributed by atoms with Gasteiger partial charge in [-0.15, -0.1) is 0 Å². The number of aliphatic hydroxyl groups is 1. The van der Waals surface area contributed by atoms with E-state index < -0.39 is 0 Å². The largest absolute Gasteiger partial charge is 0.395 e. The van der Waals surface area contributed by atoms with Gasteiger partial charge in [-0.25, -0.2) is 0 Å². The Balaban J connectivity index is 1.70. The molecular formula is C18H21N5O2. The van der Waals surface area contributed by atoms with Crippen LogP contribution in [-0.4, -0.2) is 48.6 Å². The molecule has 0 saturated heterocycles. The topological polar surface area (TPSA) is 76.2 Å². The molecule has 1 N–H and O–H groups in total. The quantitative estimate of drug-likeness (QED) is 0.704. The minimum absolute atomic E-state index is 0.0955. The number of aromatic nitrogens is 4. The summed E-state index contributed by atoms with van der Waals surface area (Å²) < 4.78 is 3.38. The van der Waals surface area contributed by atoms with Crippen LogP contribution in [-0.2, 0) is 20.1 Å². The fourth-order valence-corrected chi connectivity index (χ4v) is 2.68. The van der Waals surface area contributed by atoms with Crippen LogP contribution in [0, 0.1) is 0 Å². The van der Waals surface area contributed by atoms with Gasteiger partial charge >= 0.3 is 0 Å². The monoisotopic (exact) mass is 339 g/mol. The molecule has 130 valence electrons. The Hall–Kier alpha value is -2.93. The number of carbonyl (C=O) groups is 1. The molecule has 3 rings (SSSR count). The second-order valence-corrected chi connectivity index (χ2v) is 5.82. The molecule has 0 spiro atoms. The summed E-state index contributed by atoms with van der Waals surface area (Å²) in [4.78, 5) is 14.2. The van der Waals surface area contributed by atoms with Gasteiger partial charge in [-0.1, -0.05) is 30.3 Å². The SMILES string of the molecule is Cn1nccc1C(=O)N(CCO)Cc1cnn(Cc2ccccc2)c1. The zero-order valence-electron chi connectivity index (χ0n) is 14.1. The highest BCUT2D eigenvalue weighted by molar-refractivity contribution is 5.92. The smallest absolute Gasteiger partial charge is 0.272 e. The number of nitrogens with zero attached hydrogens (tertiary/aromatic N) is 5. The molecule has 0 aliphatic rings. The highest BCUT2D eigenvalue weighted by Crippen LogP contribution is 2.10. The molecular weight excluding hydrogens is 318 g/mol. The van der Waals surface area contributed by atoms with Crippen LogP contribution >= 0.6 is 0 Å². The Kier molecular flexibility index (Phi) is 5.25. The normalized spacial score (nSPS) is 10.8. The molecule has 0 aliphatic heterocycles. The molecule has 2 heterocycles. The summed E-state index contributed by atoms with van der Waals surface area (Å²) >= 11 is 0. The van der Waals surface area contributed by atoms with E-state index in [9.17, 15) is 9.90 Å². The lowest BCUT2D eigenvalue weighted by molar-refractivity contribution is 0.0696. The first-order chi connectivity index (χ1) is 12.2. The fraction of sp³-hybridized carbons (Fsp3) is 0.278. The van der Waals surface area contributed by atoms with Gasteiger partial charge in [-0.05, 0) is 11.6 Å². The molecule has 0 unspecified atom stereocenters. The van der Waals surface area contributed by atoms with Crippen LogP contribution in [0.15, 0.2) is 55.0 Å². The van der Waals surface area contributed by atoms with Gasteiger partial charge in [0.1, 0.15) is 5.69 Å². The van der Waals surface area contributed by atoms with Crippen molar-refractivity contribution >= 4 is 5.91 Å². The number of aryl methyl sites for hydroxylation is 1. The zero-order chi connectivity index (χ0) is 17.6. The molecule has 0 radical (unpaired) electrons. The van der Waals surface area contributed by atoms with Crippen LogP contribution in [0.25, 0.3) is 0 Å². The van der Waals surface area contributed by atoms with Crippen LogP contribution < -0.4 is 0 Å². The van der Waals surface area contributed by atoms with Crippen molar-refractivity contribution in [1.82, 2.24) is 24.5 Å². The number of amides is 1. The van der Waals surface area contributed by atoms with Crippen molar-refractivity contribution in [2.75, 3.05) is 13.2 Å². The summed E-state index contributed by atoms with van der Waals surface area (Å²) in [6.07, 6.45) is 5.26. The number of hydrogen-bond donors (Lipinski definition) is 1. The Morgan fingerprint density at radius 3 is 2.64 bits per heavy atom. The van der Waals surface area contributed by atoms with Gasteiger partial charge in [0.05, 0.1) is 19.3 Å². The first-order valence-electron chi connectivity index (χ1n) is 8.11. The van der Waals surface area contributed by atoms with E-state index in [0.717, 1.165) is 11.1 Å². The third-order valence-corrected chi connectivity index (χ3v) is 3.94. The van der Waals surface area contributed by atoms with Crippen molar-refractivity contribution in [3.05, 3.63) is 71.8 Å². The molecule has 0 saturated carbocycles. The number of hydrogen-bond acceptors (Lipinski definition) is 4. The second kappa shape index (κ2) is 7.76. The Labute approximate surface area is 146 Å². The van der Waals surface area contributed by atoms with E-state index in [1.165, 1.54) is 4.68 Å². The van der Waals surface area contributed by atoms with Crippen molar-refractivity contribution in [1.29, 1.82) is 0 Å². The lowest BCUT2D eigenvalue weighted by Gasteiger charge is -2.21. The summed E-state index contributed by atoms with van der Waals surface area (Å²) in [5.74, 6) is -0.162. The van der Waals surface area contributed by atoms with Crippen LogP contribution in [0.2, 0.25) is 0 Å². The van der Waals surface area contributed by atoms with Gasteiger partial charge in [0.2, 0.25) is 0 Å². The predicted octanol–water partition coefficient (Wildman–Crippen LogP) is 1.30. The number of carbonyl (C=O) groups excluding carboxylic acids is 1. The average molecular weight is 339 g/mol. The molecule has 1 amide bonds. The Morgan fingerprint density at radius 1 is 1.16 bits per heavy atom. The Morgan fingerprint density at radius 2 is 1.96 bits per heavy atom. The van der Waals surface area contributed by atoms with Crippen LogP contribution in [0.3, 0.4) is 0 Å². The molecule has 3 aromatic rings. The molecule has 7 heteroatoms. The molecule has 2 aromatic heterocycles. The van der Waals surface area contributed by atoms with Gasteiger partial charge in [0.15, 0.2) is 0 Å². The van der Waals surface area contributed by atoms with Crippen LogP contribution in [0.5, 0.6) is 0 Å². The zero-order valence-corrected chi connectivity index (χ0v) is 14.1. The van der Waals surface area contributed by atoms with Crippen molar-refractivity contribution in [2.24, 2.45) is 7.05 Å². The van der Waals surface area contributed by atoms with Crippen molar-refractivity contribution < 1.29 is 9.90 Å². The molecule has 1 aromatic carbocycles. The minimum Gasteiger partial charge on any atom is -0.395 e. The van der Waals surface area contributed by atoms with Gasteiger partial charge in [0, 0.05) is 38.1 Å². The third-order valence-electron chi connectivity index (χ3n) is 3.94. The second-order valence-electron chi connectivity index (χ2n) is 5.82. The van der Waals surface area contributed by atoms with E-state index >= 15 is 0 Å². The maximum absolute atomic E-state index is 12.6. The summed E-state index contributed by atoms with van der Waals surface area (Å²) in [5.41, 5.74) is 2.57. The van der Waals surface area contributed by atoms with Crippen LogP contribution in [0.4, 0.5) is 0 Å².